The van der Waals surface area contributed by atoms with Gasteiger partial charge in [0, 0.05) is 29.3 Å². The van der Waals surface area contributed by atoms with Crippen LogP contribution in [0, 0.1) is 5.92 Å². The van der Waals surface area contributed by atoms with E-state index >= 15 is 0 Å². The van der Waals surface area contributed by atoms with E-state index in [0.717, 1.165) is 5.75 Å². The van der Waals surface area contributed by atoms with E-state index in [4.69, 9.17) is 0 Å². The molecular weight excluding hydrogens is 230 g/mol. The van der Waals surface area contributed by atoms with Crippen LogP contribution in [0.5, 0.6) is 0 Å². The quantitative estimate of drug-likeness (QED) is 0.863. The van der Waals surface area contributed by atoms with Crippen LogP contribution in [0.15, 0.2) is 29.2 Å². The Morgan fingerprint density at radius 3 is 3.06 bits per heavy atom. The standard InChI is InChI=1S/C14H19NOS/c16-8-10-4-3-6-12(10)15-13-9-17-14-7-2-1-5-11(13)14/h1-2,5,7,10,12-13,15-16H,3-4,6,8-9H2. The van der Waals surface area contributed by atoms with Gasteiger partial charge in [-0.1, -0.05) is 24.6 Å². The Morgan fingerprint density at radius 1 is 1.29 bits per heavy atom. The predicted molar refractivity (Wildman–Crippen MR) is 71.3 cm³/mol. The van der Waals surface area contributed by atoms with Gasteiger partial charge in [-0.3, -0.25) is 0 Å². The van der Waals surface area contributed by atoms with Crippen molar-refractivity contribution >= 4 is 11.8 Å². The van der Waals surface area contributed by atoms with E-state index in [-0.39, 0.29) is 0 Å². The molecule has 0 amide bonds. The molecule has 0 saturated heterocycles. The molecule has 1 aromatic rings. The molecule has 1 aliphatic heterocycles. The molecule has 0 radical (unpaired) electrons. The van der Waals surface area contributed by atoms with Crippen molar-refractivity contribution in [2.45, 2.75) is 36.2 Å². The van der Waals surface area contributed by atoms with Crippen LogP contribution in [0.2, 0.25) is 0 Å². The number of hydrogen-bond donors (Lipinski definition) is 2. The molecule has 17 heavy (non-hydrogen) atoms. The highest BCUT2D eigenvalue weighted by molar-refractivity contribution is 7.99. The molecule has 3 rings (SSSR count). The fourth-order valence-electron chi connectivity index (χ4n) is 3.03. The molecule has 0 aromatic heterocycles. The molecule has 0 bridgehead atoms. The van der Waals surface area contributed by atoms with Crippen molar-refractivity contribution in [3.8, 4) is 0 Å². The van der Waals surface area contributed by atoms with Crippen LogP contribution in [0.4, 0.5) is 0 Å². The van der Waals surface area contributed by atoms with Crippen LogP contribution in [-0.4, -0.2) is 23.5 Å². The number of fused-ring (bicyclic) bond motifs is 1. The normalized spacial score (nSPS) is 31.7. The third kappa shape index (κ3) is 2.24. The molecule has 1 fully saturated rings. The number of hydrogen-bond acceptors (Lipinski definition) is 3. The average molecular weight is 249 g/mol. The van der Waals surface area contributed by atoms with Crippen LogP contribution >= 0.6 is 11.8 Å². The van der Waals surface area contributed by atoms with Crippen molar-refractivity contribution in [2.75, 3.05) is 12.4 Å². The van der Waals surface area contributed by atoms with Gasteiger partial charge in [-0.05, 0) is 30.4 Å². The SMILES string of the molecule is OCC1CCCC1NC1CSc2ccccc21. The predicted octanol–water partition coefficient (Wildman–Crippen LogP) is 2.58. The van der Waals surface area contributed by atoms with Gasteiger partial charge in [-0.2, -0.15) is 0 Å². The van der Waals surface area contributed by atoms with Crippen molar-refractivity contribution in [2.24, 2.45) is 5.92 Å². The van der Waals surface area contributed by atoms with Crippen molar-refractivity contribution in [1.29, 1.82) is 0 Å². The second kappa shape index (κ2) is 5.01. The molecule has 1 saturated carbocycles. The van der Waals surface area contributed by atoms with Gasteiger partial charge in [0.25, 0.3) is 0 Å². The van der Waals surface area contributed by atoms with E-state index in [1.807, 2.05) is 11.8 Å². The summed E-state index contributed by atoms with van der Waals surface area (Å²) in [5.41, 5.74) is 1.45. The van der Waals surface area contributed by atoms with E-state index in [9.17, 15) is 5.11 Å². The van der Waals surface area contributed by atoms with Gasteiger partial charge >= 0.3 is 0 Å². The Hall–Kier alpha value is -0.510. The van der Waals surface area contributed by atoms with E-state index in [0.29, 0.717) is 24.6 Å². The summed E-state index contributed by atoms with van der Waals surface area (Å²) in [6.45, 7) is 0.333. The first kappa shape index (κ1) is 11.6. The lowest BCUT2D eigenvalue weighted by molar-refractivity contribution is 0.201. The first-order valence-corrected chi connectivity index (χ1v) is 7.45. The fraction of sp³-hybridized carbons (Fsp3) is 0.571. The summed E-state index contributed by atoms with van der Waals surface area (Å²) in [7, 11) is 0. The maximum Gasteiger partial charge on any atom is 0.0474 e. The summed E-state index contributed by atoms with van der Waals surface area (Å²) in [6.07, 6.45) is 3.65. The minimum atomic E-state index is 0.333. The van der Waals surface area contributed by atoms with Gasteiger partial charge in [0.1, 0.15) is 0 Å². The summed E-state index contributed by atoms with van der Waals surface area (Å²) >= 11 is 1.94. The zero-order valence-corrected chi connectivity index (χ0v) is 10.7. The first-order chi connectivity index (χ1) is 8.38. The molecule has 2 aliphatic rings. The van der Waals surface area contributed by atoms with Gasteiger partial charge in [-0.25, -0.2) is 0 Å². The number of rotatable bonds is 3. The molecule has 3 unspecified atom stereocenters. The molecule has 2 N–H and O–H groups in total. The largest absolute Gasteiger partial charge is 0.396 e. The monoisotopic (exact) mass is 249 g/mol. The van der Waals surface area contributed by atoms with Crippen molar-refractivity contribution < 1.29 is 5.11 Å². The Kier molecular flexibility index (Phi) is 3.41. The highest BCUT2D eigenvalue weighted by Gasteiger charge is 2.31. The van der Waals surface area contributed by atoms with Crippen LogP contribution < -0.4 is 5.32 Å². The Balaban J connectivity index is 1.71. The summed E-state index contributed by atoms with van der Waals surface area (Å²) < 4.78 is 0. The Morgan fingerprint density at radius 2 is 2.18 bits per heavy atom. The van der Waals surface area contributed by atoms with E-state index in [1.54, 1.807) is 0 Å². The minimum absolute atomic E-state index is 0.333. The molecular formula is C14H19NOS. The minimum Gasteiger partial charge on any atom is -0.396 e. The maximum absolute atomic E-state index is 9.36. The number of benzene rings is 1. The van der Waals surface area contributed by atoms with Crippen LogP contribution in [0.25, 0.3) is 0 Å². The first-order valence-electron chi connectivity index (χ1n) is 6.47. The molecule has 1 aromatic carbocycles. The summed E-state index contributed by atoms with van der Waals surface area (Å²) in [5, 5.41) is 13.1. The molecule has 3 atom stereocenters. The number of aliphatic hydroxyl groups is 1. The smallest absolute Gasteiger partial charge is 0.0474 e. The fourth-order valence-corrected chi connectivity index (χ4v) is 4.21. The van der Waals surface area contributed by atoms with E-state index in [2.05, 4.69) is 29.6 Å². The van der Waals surface area contributed by atoms with Gasteiger partial charge in [0.15, 0.2) is 0 Å². The van der Waals surface area contributed by atoms with Gasteiger partial charge < -0.3 is 10.4 Å². The summed E-state index contributed by atoms with van der Waals surface area (Å²) in [4.78, 5) is 1.42. The highest BCUT2D eigenvalue weighted by Crippen LogP contribution is 2.39. The maximum atomic E-state index is 9.36. The Bertz CT molecular complexity index is 396. The second-order valence-electron chi connectivity index (χ2n) is 5.05. The third-order valence-electron chi connectivity index (χ3n) is 4.01. The highest BCUT2D eigenvalue weighted by atomic mass is 32.2. The van der Waals surface area contributed by atoms with Crippen molar-refractivity contribution in [3.63, 3.8) is 0 Å². The number of thioether (sulfide) groups is 1. The Labute approximate surface area is 107 Å². The molecule has 3 heteroatoms. The lowest BCUT2D eigenvalue weighted by Gasteiger charge is -2.23. The lowest BCUT2D eigenvalue weighted by Crippen LogP contribution is -2.37. The lowest BCUT2D eigenvalue weighted by atomic mass is 10.0. The molecule has 1 aliphatic carbocycles. The zero-order chi connectivity index (χ0) is 11.7. The second-order valence-corrected chi connectivity index (χ2v) is 6.11. The number of nitrogens with one attached hydrogen (secondary N) is 1. The van der Waals surface area contributed by atoms with E-state index < -0.39 is 0 Å². The molecule has 1 heterocycles. The van der Waals surface area contributed by atoms with Crippen LogP contribution in [0.1, 0.15) is 30.9 Å². The van der Waals surface area contributed by atoms with Gasteiger partial charge in [0.2, 0.25) is 0 Å². The summed E-state index contributed by atoms with van der Waals surface area (Å²) in [6, 6.07) is 9.67. The summed E-state index contributed by atoms with van der Waals surface area (Å²) in [5.74, 6) is 1.60. The van der Waals surface area contributed by atoms with Gasteiger partial charge in [-0.15, -0.1) is 11.8 Å². The average Bonchev–Trinajstić information content (AvgIpc) is 2.97. The van der Waals surface area contributed by atoms with Gasteiger partial charge in [0.05, 0.1) is 0 Å². The van der Waals surface area contributed by atoms with Crippen molar-refractivity contribution in [1.82, 2.24) is 5.32 Å². The topological polar surface area (TPSA) is 32.3 Å². The molecule has 2 nitrogen and oxygen atoms in total. The van der Waals surface area contributed by atoms with Crippen LogP contribution in [0.3, 0.4) is 0 Å². The van der Waals surface area contributed by atoms with E-state index in [1.165, 1.54) is 29.7 Å². The van der Waals surface area contributed by atoms with Crippen molar-refractivity contribution in [3.05, 3.63) is 29.8 Å². The number of aliphatic hydroxyl groups excluding tert-OH is 1. The molecule has 0 spiro atoms. The molecule has 92 valence electrons. The zero-order valence-electron chi connectivity index (χ0n) is 9.93. The van der Waals surface area contributed by atoms with Crippen LogP contribution in [-0.2, 0) is 0 Å². The third-order valence-corrected chi connectivity index (χ3v) is 5.19.